The number of rotatable bonds is 20. The predicted octanol–water partition coefficient (Wildman–Crippen LogP) is 11.8. The molecule has 4 aromatic rings. The Balaban J connectivity index is 0.943. The number of Topliss-reactive ketones (excluding diaryl/α,β-unsaturated/α-hetero) is 1. The molecule has 5 atom stereocenters. The van der Waals surface area contributed by atoms with Crippen LogP contribution in [0.3, 0.4) is 0 Å². The van der Waals surface area contributed by atoms with Crippen molar-refractivity contribution in [3.05, 3.63) is 131 Å². The number of halogens is 1. The average molecular weight is 1170 g/mol. The van der Waals surface area contributed by atoms with Gasteiger partial charge in [0.1, 0.15) is 24.8 Å². The van der Waals surface area contributed by atoms with Crippen LogP contribution < -0.4 is 29.3 Å². The van der Waals surface area contributed by atoms with E-state index in [1.54, 1.807) is 54.4 Å². The second-order valence-electron chi connectivity index (χ2n) is 25.0. The van der Waals surface area contributed by atoms with Gasteiger partial charge in [-0.1, -0.05) is 90.6 Å². The summed E-state index contributed by atoms with van der Waals surface area (Å²) in [5.74, 6) is -0.321. The number of aryl methyl sites for hydroxylation is 1. The molecule has 5 amide bonds. The third kappa shape index (κ3) is 12.9. The van der Waals surface area contributed by atoms with E-state index in [2.05, 4.69) is 45.8 Å². The second kappa shape index (κ2) is 24.6. The molecule has 1 unspecified atom stereocenters. The molecule has 2 fully saturated rings. The van der Waals surface area contributed by atoms with E-state index < -0.39 is 44.9 Å². The number of fused-ring (bicyclic) bond motifs is 4. The second-order valence-corrected chi connectivity index (χ2v) is 29.8. The van der Waals surface area contributed by atoms with Gasteiger partial charge in [0.2, 0.25) is 5.91 Å². The van der Waals surface area contributed by atoms with E-state index in [-0.39, 0.29) is 114 Å². The van der Waals surface area contributed by atoms with Crippen LogP contribution in [0.15, 0.2) is 91.7 Å². The number of anilines is 2. The van der Waals surface area contributed by atoms with Gasteiger partial charge in [0.05, 0.1) is 67.5 Å². The van der Waals surface area contributed by atoms with Crippen LogP contribution in [-0.2, 0) is 36.5 Å². The fourth-order valence-corrected chi connectivity index (χ4v) is 12.2. The molecule has 1 aliphatic carbocycles. The Labute approximate surface area is 493 Å². The summed E-state index contributed by atoms with van der Waals surface area (Å²) in [6.45, 7) is 24.5. The molecule has 4 heterocycles. The van der Waals surface area contributed by atoms with Crippen LogP contribution in [-0.4, -0.2) is 118 Å². The van der Waals surface area contributed by atoms with Crippen molar-refractivity contribution >= 4 is 61.0 Å². The number of nitrogens with zero attached hydrogens (tertiary/aromatic N) is 4. The Bertz CT molecular complexity index is 3230. The van der Waals surface area contributed by atoms with Gasteiger partial charge in [0.15, 0.2) is 31.8 Å². The maximum Gasteiger partial charge on any atom is 0.416 e. The van der Waals surface area contributed by atoms with Crippen molar-refractivity contribution in [1.82, 2.24) is 15.1 Å². The predicted molar refractivity (Wildman–Crippen MR) is 320 cm³/mol. The summed E-state index contributed by atoms with van der Waals surface area (Å²) in [7, 11) is -1.20. The van der Waals surface area contributed by atoms with Gasteiger partial charge in [-0.2, -0.15) is 0 Å². The van der Waals surface area contributed by atoms with Crippen molar-refractivity contribution in [2.45, 2.75) is 143 Å². The molecule has 4 aliphatic heterocycles. The molecule has 19 heteroatoms. The average Bonchev–Trinajstić information content (AvgIpc) is 1.68. The van der Waals surface area contributed by atoms with E-state index in [1.165, 1.54) is 35.1 Å². The monoisotopic (exact) mass is 1170 g/mol. The van der Waals surface area contributed by atoms with Gasteiger partial charge in [-0.05, 0) is 121 Å². The Kier molecular flexibility index (Phi) is 17.9. The number of carbonyl (C=O) groups is 6. The van der Waals surface area contributed by atoms with Crippen molar-refractivity contribution in [2.24, 2.45) is 17.3 Å². The van der Waals surface area contributed by atoms with Crippen molar-refractivity contribution < 1.29 is 61.3 Å². The SMILES string of the molecule is C=CCOC(=O)N1C[C@@H]2CC(c3ccc(F)cc3)=CN2C(=O)c2cc(OC)c(OCCCOc3cc4c(cc3C)C(=O)N3CC5(CC5)C[C@H]3C(O[Si](C)(C)C(C)(C)C)N4C(=O)OCc3ccc(CC(=O)[C@H](C)NC(=O)[C@@H](C)C(C)C)cc3)cc21. The zero-order chi connectivity index (χ0) is 60.6. The topological polar surface area (TPSA) is 183 Å². The fourth-order valence-electron chi connectivity index (χ4n) is 11.0. The highest BCUT2D eigenvalue weighted by molar-refractivity contribution is 6.74. The summed E-state index contributed by atoms with van der Waals surface area (Å²) in [5, 5.41) is 2.59. The van der Waals surface area contributed by atoms with Crippen LogP contribution in [0.25, 0.3) is 5.57 Å². The molecule has 84 heavy (non-hydrogen) atoms. The minimum atomic E-state index is -2.66. The molecule has 5 aliphatic rings. The maximum absolute atomic E-state index is 15.1. The molecule has 448 valence electrons. The lowest BCUT2D eigenvalue weighted by Gasteiger charge is -2.44. The van der Waals surface area contributed by atoms with E-state index in [0.29, 0.717) is 53.9 Å². The van der Waals surface area contributed by atoms with Crippen molar-refractivity contribution in [1.29, 1.82) is 0 Å². The number of ether oxygens (including phenoxy) is 5. The number of amides is 5. The van der Waals surface area contributed by atoms with E-state index in [9.17, 15) is 28.4 Å². The molecular weight excluding hydrogens is 1090 g/mol. The Hall–Kier alpha value is -7.51. The van der Waals surface area contributed by atoms with Gasteiger partial charge in [-0.15, -0.1) is 0 Å². The number of hydrogen-bond acceptors (Lipinski definition) is 12. The Morgan fingerprint density at radius 2 is 1.50 bits per heavy atom. The van der Waals surface area contributed by atoms with E-state index >= 15 is 4.79 Å². The maximum atomic E-state index is 15.1. The normalized spacial score (nSPS) is 19.5. The molecular formula is C65H80FN5O12Si. The highest BCUT2D eigenvalue weighted by Crippen LogP contribution is 2.58. The van der Waals surface area contributed by atoms with Crippen LogP contribution in [0.5, 0.6) is 17.2 Å². The van der Waals surface area contributed by atoms with Crippen LogP contribution >= 0.6 is 0 Å². The molecule has 0 aromatic heterocycles. The Morgan fingerprint density at radius 1 is 0.845 bits per heavy atom. The quantitative estimate of drug-likeness (QED) is 0.0503. The molecule has 0 radical (unpaired) electrons. The van der Waals surface area contributed by atoms with Gasteiger partial charge < -0.3 is 43.2 Å². The summed E-state index contributed by atoms with van der Waals surface area (Å²) in [5.41, 5.74) is 4.78. The van der Waals surface area contributed by atoms with Gasteiger partial charge in [-0.3, -0.25) is 24.1 Å². The number of methoxy groups -OCH3 is 1. The van der Waals surface area contributed by atoms with Crippen molar-refractivity contribution in [2.75, 3.05) is 49.8 Å². The van der Waals surface area contributed by atoms with Gasteiger partial charge in [-0.25, -0.2) is 18.9 Å². The molecule has 1 saturated carbocycles. The third-order valence-corrected chi connectivity index (χ3v) is 22.2. The summed E-state index contributed by atoms with van der Waals surface area (Å²) in [6, 6.07) is 18.4. The van der Waals surface area contributed by atoms with E-state index in [4.69, 9.17) is 28.1 Å². The van der Waals surface area contributed by atoms with Crippen molar-refractivity contribution in [3.63, 3.8) is 0 Å². The molecule has 0 bridgehead atoms. The lowest BCUT2D eigenvalue weighted by atomic mass is 9.96. The lowest BCUT2D eigenvalue weighted by molar-refractivity contribution is -0.130. The summed E-state index contributed by atoms with van der Waals surface area (Å²) < 4.78 is 51.5. The number of nitrogens with one attached hydrogen (secondary N) is 1. The van der Waals surface area contributed by atoms with Crippen LogP contribution in [0.2, 0.25) is 18.1 Å². The summed E-state index contributed by atoms with van der Waals surface area (Å²) in [6.07, 6.45) is 4.49. The fraction of sp³-hybridized carbons (Fsp3) is 0.477. The largest absolute Gasteiger partial charge is 0.493 e. The highest BCUT2D eigenvalue weighted by atomic mass is 28.4. The summed E-state index contributed by atoms with van der Waals surface area (Å²) in [4.78, 5) is 90.6. The minimum Gasteiger partial charge on any atom is -0.493 e. The first kappa shape index (κ1) is 61.1. The van der Waals surface area contributed by atoms with Crippen LogP contribution in [0, 0.1) is 30.0 Å². The van der Waals surface area contributed by atoms with Crippen LogP contribution in [0.1, 0.15) is 124 Å². The minimum absolute atomic E-state index is 0.0371. The zero-order valence-corrected chi connectivity index (χ0v) is 51.3. The molecule has 1 N–H and O–H groups in total. The van der Waals surface area contributed by atoms with E-state index in [0.717, 1.165) is 29.5 Å². The first-order valence-corrected chi connectivity index (χ1v) is 32.1. The number of carbonyl (C=O) groups excluding carboxylic acids is 6. The first-order valence-electron chi connectivity index (χ1n) is 29.1. The molecule has 17 nitrogen and oxygen atoms in total. The lowest BCUT2D eigenvalue weighted by Crippen LogP contribution is -2.58. The molecule has 1 spiro atoms. The smallest absolute Gasteiger partial charge is 0.416 e. The van der Waals surface area contributed by atoms with Gasteiger partial charge in [0, 0.05) is 43.6 Å². The third-order valence-electron chi connectivity index (χ3n) is 17.7. The number of hydrogen-bond donors (Lipinski definition) is 1. The molecule has 4 aromatic carbocycles. The van der Waals surface area contributed by atoms with Gasteiger partial charge >= 0.3 is 12.2 Å². The molecule has 1 saturated heterocycles. The highest BCUT2D eigenvalue weighted by Gasteiger charge is 2.60. The first-order chi connectivity index (χ1) is 39.8. The Morgan fingerprint density at radius 3 is 2.14 bits per heavy atom. The van der Waals surface area contributed by atoms with Crippen LogP contribution in [0.4, 0.5) is 25.4 Å². The van der Waals surface area contributed by atoms with E-state index in [1.807, 2.05) is 56.9 Å². The standard InChI is InChI=1S/C65H80FN5O12Si/c1-13-25-81-62(76)69-36-48-30-46(45-19-21-47(66)22-20-45)35-68(48)59(74)50-31-56(78-10)57(32-51(50)69)80-27-14-26-79-55-33-52-49(28-40(55)4)60(75)70-38-65(23-24-65)34-53(70)61(83-84(11,12)64(7,8)9)71(52)63(77)82-37-44-17-15-43(16-18-44)29-54(72)42(6)67-58(73)41(5)39(2)3/h13,15-22,28,31-33,35,39,41-42,48,53,61H,1,14,23-27,29-30,34,36-38H2,2-12H3,(H,67,73)/t41-,42-,48-,53-,61?/m0/s1. The van der Waals surface area contributed by atoms with Crippen molar-refractivity contribution in [3.8, 4) is 17.2 Å². The molecule has 9 rings (SSSR count). The van der Waals surface area contributed by atoms with Gasteiger partial charge in [0.25, 0.3) is 11.8 Å². The number of benzene rings is 4. The summed E-state index contributed by atoms with van der Waals surface area (Å²) >= 11 is 0. The zero-order valence-electron chi connectivity index (χ0n) is 50.3. The number of ketones is 1.